The van der Waals surface area contributed by atoms with E-state index < -0.39 is 5.92 Å². The second kappa shape index (κ2) is 11.6. The van der Waals surface area contributed by atoms with Gasteiger partial charge in [0, 0.05) is 58.5 Å². The molecule has 4 fully saturated rings. The van der Waals surface area contributed by atoms with Gasteiger partial charge in [-0.3, -0.25) is 19.2 Å². The van der Waals surface area contributed by atoms with Crippen molar-refractivity contribution in [3.8, 4) is 0 Å². The van der Waals surface area contributed by atoms with E-state index in [1.807, 2.05) is 35.0 Å². The molecule has 7 heteroatoms. The lowest BCUT2D eigenvalue weighted by molar-refractivity contribution is -0.142. The zero-order valence-electron chi connectivity index (χ0n) is 19.8. The van der Waals surface area contributed by atoms with E-state index in [1.165, 1.54) is 0 Å². The lowest BCUT2D eigenvalue weighted by Crippen LogP contribution is -2.39. The van der Waals surface area contributed by atoms with E-state index in [1.54, 1.807) is 0 Å². The number of ketones is 2. The average molecular weight is 446 g/mol. The highest BCUT2D eigenvalue weighted by Crippen LogP contribution is 2.28. The normalized spacial score (nSPS) is 27.4. The molecule has 0 spiro atoms. The summed E-state index contributed by atoms with van der Waals surface area (Å²) in [5, 5.41) is 0. The molecule has 2 atom stereocenters. The summed E-state index contributed by atoms with van der Waals surface area (Å²) in [6.45, 7) is 3.38. The van der Waals surface area contributed by atoms with Crippen LogP contribution in [0.3, 0.4) is 0 Å². The molecule has 4 aliphatic rings. The minimum absolute atomic E-state index is 0.0480. The fourth-order valence-electron chi connectivity index (χ4n) is 5.21. The van der Waals surface area contributed by atoms with Gasteiger partial charge in [-0.1, -0.05) is 6.42 Å². The number of hydrogen-bond donors (Lipinski definition) is 0. The molecule has 2 aliphatic carbocycles. The highest BCUT2D eigenvalue weighted by atomic mass is 16.2. The molecule has 4 rings (SSSR count). The van der Waals surface area contributed by atoms with E-state index in [0.717, 1.165) is 96.0 Å². The number of hydrogen-bond acceptors (Lipinski definition) is 5. The van der Waals surface area contributed by atoms with Gasteiger partial charge in [0.25, 0.3) is 0 Å². The Morgan fingerprint density at radius 3 is 1.81 bits per heavy atom. The van der Waals surface area contributed by atoms with Gasteiger partial charge in [0.1, 0.15) is 11.7 Å². The smallest absolute Gasteiger partial charge is 0.233 e. The third-order valence-electron chi connectivity index (χ3n) is 6.97. The van der Waals surface area contributed by atoms with Crippen molar-refractivity contribution < 1.29 is 19.2 Å². The van der Waals surface area contributed by atoms with Gasteiger partial charge >= 0.3 is 0 Å². The minimum Gasteiger partial charge on any atom is -0.383 e. The molecule has 2 aliphatic heterocycles. The highest BCUT2D eigenvalue weighted by Gasteiger charge is 2.36. The van der Waals surface area contributed by atoms with Crippen LogP contribution in [0.1, 0.15) is 70.6 Å². The number of likely N-dealkylation sites (tertiary alicyclic amines) is 2. The van der Waals surface area contributed by atoms with Crippen LogP contribution >= 0.6 is 0 Å². The quantitative estimate of drug-likeness (QED) is 0.493. The maximum Gasteiger partial charge on any atom is 0.233 e. The van der Waals surface area contributed by atoms with Crippen LogP contribution in [0.15, 0.2) is 11.8 Å². The summed E-state index contributed by atoms with van der Waals surface area (Å²) >= 11 is 0. The van der Waals surface area contributed by atoms with Gasteiger partial charge in [-0.15, -0.1) is 0 Å². The topological polar surface area (TPSA) is 78.0 Å². The number of carbonyl (C=O) groups excluding carboxylic acids is 4. The van der Waals surface area contributed by atoms with Crippen LogP contribution in [0.25, 0.3) is 0 Å². The molecule has 2 amide bonds. The van der Waals surface area contributed by atoms with Crippen LogP contribution in [0.2, 0.25) is 0 Å². The van der Waals surface area contributed by atoms with Gasteiger partial charge < -0.3 is 14.7 Å². The van der Waals surface area contributed by atoms with Crippen molar-refractivity contribution in [2.75, 3.05) is 40.3 Å². The van der Waals surface area contributed by atoms with Crippen LogP contribution in [-0.2, 0) is 19.2 Å². The lowest BCUT2D eigenvalue weighted by atomic mass is 9.83. The monoisotopic (exact) mass is 445 g/mol. The Kier molecular flexibility index (Phi) is 8.88. The van der Waals surface area contributed by atoms with Crippen LogP contribution in [-0.4, -0.2) is 78.4 Å². The first-order chi connectivity index (χ1) is 15.4. The number of allylic oxidation sites excluding steroid dienone is 1. The van der Waals surface area contributed by atoms with Gasteiger partial charge in [0.15, 0.2) is 5.78 Å². The predicted molar refractivity (Wildman–Crippen MR) is 123 cm³/mol. The van der Waals surface area contributed by atoms with E-state index in [2.05, 4.69) is 0 Å². The van der Waals surface area contributed by atoms with Crippen molar-refractivity contribution in [1.82, 2.24) is 14.7 Å². The zero-order valence-corrected chi connectivity index (χ0v) is 19.8. The van der Waals surface area contributed by atoms with Crippen molar-refractivity contribution in [3.05, 3.63) is 11.8 Å². The Morgan fingerprint density at radius 1 is 0.750 bits per heavy atom. The molecule has 2 heterocycles. The van der Waals surface area contributed by atoms with Crippen molar-refractivity contribution in [2.24, 2.45) is 11.8 Å². The second-order valence-electron chi connectivity index (χ2n) is 9.76. The summed E-state index contributed by atoms with van der Waals surface area (Å²) in [7, 11) is 3.82. The van der Waals surface area contributed by atoms with E-state index in [9.17, 15) is 19.2 Å². The van der Waals surface area contributed by atoms with Gasteiger partial charge in [-0.25, -0.2) is 0 Å². The molecule has 2 unspecified atom stereocenters. The van der Waals surface area contributed by atoms with Gasteiger partial charge in [0.2, 0.25) is 11.8 Å². The molecule has 2 saturated heterocycles. The molecular formula is C25H39N3O4. The fraction of sp³-hybridized carbons (Fsp3) is 0.760. The third kappa shape index (κ3) is 6.20. The Labute approximate surface area is 192 Å². The van der Waals surface area contributed by atoms with Crippen LogP contribution in [0.4, 0.5) is 0 Å². The van der Waals surface area contributed by atoms with Gasteiger partial charge in [-0.2, -0.15) is 0 Å². The first kappa shape index (κ1) is 24.5. The Balaban J connectivity index is 0.000000186. The molecule has 0 aromatic carbocycles. The Bertz CT molecular complexity index is 733. The summed E-state index contributed by atoms with van der Waals surface area (Å²) in [5.74, 6) is -0.320. The predicted octanol–water partition coefficient (Wildman–Crippen LogP) is 2.79. The van der Waals surface area contributed by atoms with E-state index >= 15 is 0 Å². The van der Waals surface area contributed by atoms with Gasteiger partial charge in [-0.05, 0) is 57.8 Å². The molecule has 0 radical (unpaired) electrons. The first-order valence-electron chi connectivity index (χ1n) is 12.4. The van der Waals surface area contributed by atoms with Crippen LogP contribution < -0.4 is 0 Å². The maximum atomic E-state index is 12.3. The zero-order chi connectivity index (χ0) is 23.1. The molecule has 0 aromatic rings. The Morgan fingerprint density at radius 2 is 1.28 bits per heavy atom. The number of rotatable bonds is 3. The highest BCUT2D eigenvalue weighted by molar-refractivity contribution is 6.10. The van der Waals surface area contributed by atoms with Crippen molar-refractivity contribution in [1.29, 1.82) is 0 Å². The summed E-state index contributed by atoms with van der Waals surface area (Å²) in [6, 6.07) is 0. The molecule has 0 aromatic heterocycles. The molecule has 32 heavy (non-hydrogen) atoms. The average Bonchev–Trinajstić information content (AvgIpc) is 3.49. The summed E-state index contributed by atoms with van der Waals surface area (Å²) in [4.78, 5) is 53.7. The summed E-state index contributed by atoms with van der Waals surface area (Å²) in [6.07, 6.45) is 12.1. The third-order valence-corrected chi connectivity index (χ3v) is 6.97. The Hall–Kier alpha value is -2.18. The number of carbonyl (C=O) groups is 4. The largest absolute Gasteiger partial charge is 0.383 e. The van der Waals surface area contributed by atoms with E-state index in [0.29, 0.717) is 6.42 Å². The van der Waals surface area contributed by atoms with Gasteiger partial charge in [0.05, 0.1) is 5.92 Å². The molecule has 0 bridgehead atoms. The SMILES string of the molecule is CN(C)C=C1CCCC(C(=O)N2CCCC2)C1=O.O=C1CCCCC1C(=O)N1CCCC1. The summed E-state index contributed by atoms with van der Waals surface area (Å²) in [5.41, 5.74) is 0.809. The molecule has 0 N–H and O–H groups in total. The number of amides is 2. The lowest BCUT2D eigenvalue weighted by Gasteiger charge is -2.27. The van der Waals surface area contributed by atoms with Crippen LogP contribution in [0.5, 0.6) is 0 Å². The van der Waals surface area contributed by atoms with E-state index in [-0.39, 0.29) is 29.3 Å². The van der Waals surface area contributed by atoms with Crippen molar-refractivity contribution in [2.45, 2.75) is 70.6 Å². The van der Waals surface area contributed by atoms with Crippen molar-refractivity contribution in [3.63, 3.8) is 0 Å². The molecule has 7 nitrogen and oxygen atoms in total. The molecule has 178 valence electrons. The fourth-order valence-corrected chi connectivity index (χ4v) is 5.21. The number of nitrogens with zero attached hydrogens (tertiary/aromatic N) is 3. The molecule has 2 saturated carbocycles. The summed E-state index contributed by atoms with van der Waals surface area (Å²) < 4.78 is 0. The standard InChI is InChI=1S/C14H22N2O2.C11H17NO2/c1-15(2)10-11-6-5-7-12(13(11)17)14(18)16-8-3-4-9-16;13-10-6-2-1-5-9(10)11(14)12-7-3-4-8-12/h10,12H,3-9H2,1-2H3;9H,1-8H2. The maximum absolute atomic E-state index is 12.3. The number of Topliss-reactive ketones (excluding diaryl/α,β-unsaturated/α-hetero) is 2. The van der Waals surface area contributed by atoms with Crippen molar-refractivity contribution >= 4 is 23.4 Å². The second-order valence-corrected chi connectivity index (χ2v) is 9.76. The van der Waals surface area contributed by atoms with Crippen LogP contribution in [0, 0.1) is 11.8 Å². The first-order valence-corrected chi connectivity index (χ1v) is 12.4. The molecular weight excluding hydrogens is 406 g/mol. The van der Waals surface area contributed by atoms with E-state index in [4.69, 9.17) is 0 Å². The minimum atomic E-state index is -0.414.